The van der Waals surface area contributed by atoms with Crippen LogP contribution in [0.5, 0.6) is 0 Å². The topological polar surface area (TPSA) is 50.6 Å². The molecule has 128 valence electrons. The summed E-state index contributed by atoms with van der Waals surface area (Å²) < 4.78 is 0. The lowest BCUT2D eigenvalue weighted by atomic mass is 10.0. The summed E-state index contributed by atoms with van der Waals surface area (Å²) in [5, 5.41) is 8.84. The molecule has 0 aliphatic carbocycles. The van der Waals surface area contributed by atoms with Crippen LogP contribution in [0.4, 0.5) is 0 Å². The van der Waals surface area contributed by atoms with E-state index in [-0.39, 0.29) is 5.91 Å². The summed E-state index contributed by atoms with van der Waals surface area (Å²) in [6.07, 6.45) is 3.95. The molecule has 0 bridgehead atoms. The molecule has 24 heavy (non-hydrogen) atoms. The van der Waals surface area contributed by atoms with Gasteiger partial charge in [0.05, 0.1) is 11.6 Å². The number of benzene rings is 1. The molecule has 0 N–H and O–H groups in total. The molecule has 0 radical (unpaired) electrons. The van der Waals surface area contributed by atoms with Crippen LogP contribution in [-0.2, 0) is 0 Å². The van der Waals surface area contributed by atoms with Crippen LogP contribution < -0.4 is 0 Å². The van der Waals surface area contributed by atoms with Gasteiger partial charge < -0.3 is 9.80 Å². The van der Waals surface area contributed by atoms with E-state index >= 15 is 0 Å². The van der Waals surface area contributed by atoms with Crippen LogP contribution in [0, 0.1) is 11.3 Å². The van der Waals surface area contributed by atoms with E-state index in [0.717, 1.165) is 32.7 Å². The maximum atomic E-state index is 12.6. The van der Waals surface area contributed by atoms with E-state index in [9.17, 15) is 4.79 Å². The summed E-state index contributed by atoms with van der Waals surface area (Å²) in [5.41, 5.74) is 1.27. The Hall–Kier alpha value is -1.90. The normalized spacial score (nSPS) is 23.0. The quantitative estimate of drug-likeness (QED) is 0.850. The number of hydrogen-bond donors (Lipinski definition) is 0. The number of nitrogens with zero attached hydrogens (tertiary/aromatic N) is 4. The first-order valence-electron chi connectivity index (χ1n) is 8.89. The predicted molar refractivity (Wildman–Crippen MR) is 93.8 cm³/mol. The summed E-state index contributed by atoms with van der Waals surface area (Å²) in [5.74, 6) is 0.0777. The SMILES string of the molecule is CN1CCCC[C@@H]1CN1CCN(C(=O)c2ccc(C#N)cc2)CC1. The van der Waals surface area contributed by atoms with Crippen LogP contribution in [0.25, 0.3) is 0 Å². The van der Waals surface area contributed by atoms with E-state index < -0.39 is 0 Å². The monoisotopic (exact) mass is 326 g/mol. The zero-order chi connectivity index (χ0) is 16.9. The summed E-state index contributed by atoms with van der Waals surface area (Å²) in [6.45, 7) is 5.81. The molecule has 0 spiro atoms. The minimum absolute atomic E-state index is 0.0777. The molecule has 1 aromatic rings. The molecule has 2 saturated heterocycles. The van der Waals surface area contributed by atoms with Crippen molar-refractivity contribution < 1.29 is 4.79 Å². The van der Waals surface area contributed by atoms with Crippen LogP contribution in [0.15, 0.2) is 24.3 Å². The van der Waals surface area contributed by atoms with Crippen molar-refractivity contribution in [2.45, 2.75) is 25.3 Å². The first-order chi connectivity index (χ1) is 11.7. The Morgan fingerprint density at radius 3 is 2.46 bits per heavy atom. The minimum atomic E-state index is 0.0777. The van der Waals surface area contributed by atoms with Crippen LogP contribution in [-0.4, -0.2) is 73.0 Å². The molecule has 5 heteroatoms. The Labute approximate surface area is 144 Å². The second kappa shape index (κ2) is 7.78. The second-order valence-electron chi connectivity index (χ2n) is 6.91. The highest BCUT2D eigenvalue weighted by atomic mass is 16.2. The molecule has 1 amide bonds. The molecule has 2 heterocycles. The van der Waals surface area contributed by atoms with Crippen molar-refractivity contribution in [2.24, 2.45) is 0 Å². The van der Waals surface area contributed by atoms with Gasteiger partial charge in [0.15, 0.2) is 0 Å². The number of likely N-dealkylation sites (N-methyl/N-ethyl adjacent to an activating group) is 1. The lowest BCUT2D eigenvalue weighted by molar-refractivity contribution is 0.0565. The van der Waals surface area contributed by atoms with Crippen molar-refractivity contribution >= 4 is 5.91 Å². The fraction of sp³-hybridized carbons (Fsp3) is 0.579. The number of carbonyl (C=O) groups is 1. The molecule has 0 aromatic heterocycles. The Morgan fingerprint density at radius 1 is 1.12 bits per heavy atom. The van der Waals surface area contributed by atoms with Crippen molar-refractivity contribution in [3.63, 3.8) is 0 Å². The van der Waals surface area contributed by atoms with Crippen LogP contribution in [0.2, 0.25) is 0 Å². The summed E-state index contributed by atoms with van der Waals surface area (Å²) >= 11 is 0. The van der Waals surface area contributed by atoms with Gasteiger partial charge >= 0.3 is 0 Å². The van der Waals surface area contributed by atoms with Gasteiger partial charge in [-0.1, -0.05) is 6.42 Å². The molecule has 5 nitrogen and oxygen atoms in total. The largest absolute Gasteiger partial charge is 0.336 e. The number of piperidine rings is 1. The van der Waals surface area contributed by atoms with Gasteiger partial charge in [0.2, 0.25) is 0 Å². The molecule has 2 fully saturated rings. The number of hydrogen-bond acceptors (Lipinski definition) is 4. The number of likely N-dealkylation sites (tertiary alicyclic amines) is 1. The zero-order valence-corrected chi connectivity index (χ0v) is 14.4. The molecule has 1 atom stereocenters. The van der Waals surface area contributed by atoms with Crippen molar-refractivity contribution in [1.82, 2.24) is 14.7 Å². The van der Waals surface area contributed by atoms with E-state index in [4.69, 9.17) is 5.26 Å². The highest BCUT2D eigenvalue weighted by molar-refractivity contribution is 5.94. The van der Waals surface area contributed by atoms with E-state index in [0.29, 0.717) is 17.2 Å². The molecule has 1 aromatic carbocycles. The molecular formula is C19H26N4O. The zero-order valence-electron chi connectivity index (χ0n) is 14.4. The molecular weight excluding hydrogens is 300 g/mol. The van der Waals surface area contributed by atoms with Crippen molar-refractivity contribution in [1.29, 1.82) is 5.26 Å². The standard InChI is InChI=1S/C19H26N4O/c1-21-9-3-2-4-18(21)15-22-10-12-23(13-11-22)19(24)17-7-5-16(14-20)6-8-17/h5-8,18H,2-4,9-13,15H2,1H3/t18-/m1/s1. The Balaban J connectivity index is 1.50. The van der Waals surface area contributed by atoms with Gasteiger partial charge in [0, 0.05) is 44.3 Å². The van der Waals surface area contributed by atoms with E-state index in [1.807, 2.05) is 4.90 Å². The van der Waals surface area contributed by atoms with Gasteiger partial charge in [-0.25, -0.2) is 0 Å². The van der Waals surface area contributed by atoms with Crippen LogP contribution >= 0.6 is 0 Å². The van der Waals surface area contributed by atoms with Crippen LogP contribution in [0.3, 0.4) is 0 Å². The third kappa shape index (κ3) is 3.95. The third-order valence-corrected chi connectivity index (χ3v) is 5.31. The lowest BCUT2D eigenvalue weighted by Gasteiger charge is -2.40. The van der Waals surface area contributed by atoms with Crippen molar-refractivity contribution in [2.75, 3.05) is 46.3 Å². The maximum absolute atomic E-state index is 12.6. The Kier molecular flexibility index (Phi) is 5.49. The van der Waals surface area contributed by atoms with E-state index in [2.05, 4.69) is 22.9 Å². The molecule has 0 unspecified atom stereocenters. The Bertz CT molecular complexity index is 599. The highest BCUT2D eigenvalue weighted by Gasteiger charge is 2.26. The second-order valence-corrected chi connectivity index (χ2v) is 6.91. The van der Waals surface area contributed by atoms with Gasteiger partial charge in [-0.05, 0) is 50.7 Å². The maximum Gasteiger partial charge on any atom is 0.253 e. The predicted octanol–water partition coefficient (Wildman–Crippen LogP) is 1.80. The summed E-state index contributed by atoms with van der Waals surface area (Å²) in [6, 6.07) is 9.68. The smallest absolute Gasteiger partial charge is 0.253 e. The summed E-state index contributed by atoms with van der Waals surface area (Å²) in [4.78, 5) is 19.5. The first kappa shape index (κ1) is 16.9. The van der Waals surface area contributed by atoms with Gasteiger partial charge in [-0.3, -0.25) is 9.69 Å². The van der Waals surface area contributed by atoms with Crippen LogP contribution in [0.1, 0.15) is 35.2 Å². The average molecular weight is 326 g/mol. The van der Waals surface area contributed by atoms with Gasteiger partial charge in [0.25, 0.3) is 5.91 Å². The molecule has 0 saturated carbocycles. The minimum Gasteiger partial charge on any atom is -0.336 e. The van der Waals surface area contributed by atoms with Crippen molar-refractivity contribution in [3.05, 3.63) is 35.4 Å². The van der Waals surface area contributed by atoms with Crippen molar-refractivity contribution in [3.8, 4) is 6.07 Å². The highest BCUT2D eigenvalue weighted by Crippen LogP contribution is 2.17. The van der Waals surface area contributed by atoms with E-state index in [1.54, 1.807) is 24.3 Å². The average Bonchev–Trinajstić information content (AvgIpc) is 2.64. The van der Waals surface area contributed by atoms with Gasteiger partial charge in [0.1, 0.15) is 0 Å². The molecule has 3 rings (SSSR count). The first-order valence-corrected chi connectivity index (χ1v) is 8.89. The molecule has 2 aliphatic heterocycles. The number of amides is 1. The number of rotatable bonds is 3. The number of carbonyl (C=O) groups excluding carboxylic acids is 1. The third-order valence-electron chi connectivity index (χ3n) is 5.31. The number of piperazine rings is 1. The fourth-order valence-electron chi connectivity index (χ4n) is 3.68. The van der Waals surface area contributed by atoms with Gasteiger partial charge in [-0.15, -0.1) is 0 Å². The fourth-order valence-corrected chi connectivity index (χ4v) is 3.68. The number of nitriles is 1. The summed E-state index contributed by atoms with van der Waals surface area (Å²) in [7, 11) is 2.23. The Morgan fingerprint density at radius 2 is 1.83 bits per heavy atom. The molecule has 2 aliphatic rings. The van der Waals surface area contributed by atoms with E-state index in [1.165, 1.54) is 25.8 Å². The van der Waals surface area contributed by atoms with Gasteiger partial charge in [-0.2, -0.15) is 5.26 Å². The lowest BCUT2D eigenvalue weighted by Crippen LogP contribution is -2.53.